The Labute approximate surface area is 315 Å². The molecule has 1 amide bonds. The van der Waals surface area contributed by atoms with Gasteiger partial charge in [-0.05, 0) is 60.7 Å². The maximum atomic E-state index is 15.5. The SMILES string of the molecule is COc1ccc(COc2cc(-c3nn(C4CCCCO4)c4ccc(-c5nccs5)cc34)nc(O[C@H]3CN(C(=O)OCc4ccccc4)CC[C@@H]3F)n2)cc1. The Kier molecular flexibility index (Phi) is 10.6. The molecule has 3 atom stereocenters. The first-order valence-corrected chi connectivity index (χ1v) is 18.8. The van der Waals surface area contributed by atoms with E-state index in [4.69, 9.17) is 33.8 Å². The van der Waals surface area contributed by atoms with Gasteiger partial charge in [0.25, 0.3) is 0 Å². The molecule has 1 unspecified atom stereocenters. The standard InChI is InChI=1S/C40H39FN6O6S/c1-49-29-13-10-27(11-14-29)24-51-35-22-32(37-30-21-28(38-42-17-20-54-38)12-15-33(30)47(45-37)36-9-5-6-19-50-36)43-39(44-35)53-34-23-46(18-16-31(34)41)40(48)52-25-26-7-3-2-4-8-26/h2-4,7-8,10-15,17,20-22,31,34,36H,5-6,9,16,18-19,23-25H2,1H3/t31-,34-,36?/m0/s1. The maximum Gasteiger partial charge on any atom is 0.410 e. The minimum atomic E-state index is -1.37. The number of hydrogen-bond acceptors (Lipinski definition) is 11. The lowest BCUT2D eigenvalue weighted by molar-refractivity contribution is -0.0365. The van der Waals surface area contributed by atoms with E-state index in [2.05, 4.69) is 9.97 Å². The number of amides is 1. The second kappa shape index (κ2) is 16.2. The molecule has 3 aromatic heterocycles. The molecule has 54 heavy (non-hydrogen) atoms. The van der Waals surface area contributed by atoms with Crippen molar-refractivity contribution in [3.8, 4) is 39.6 Å². The minimum absolute atomic E-state index is 0.0435. The highest BCUT2D eigenvalue weighted by Gasteiger charge is 2.35. The van der Waals surface area contributed by atoms with Gasteiger partial charge < -0.3 is 28.6 Å². The monoisotopic (exact) mass is 750 g/mol. The maximum absolute atomic E-state index is 15.5. The van der Waals surface area contributed by atoms with Crippen LogP contribution < -0.4 is 14.2 Å². The molecule has 0 bridgehead atoms. The summed E-state index contributed by atoms with van der Waals surface area (Å²) in [6, 6.07) is 24.6. The van der Waals surface area contributed by atoms with E-state index in [1.54, 1.807) is 30.7 Å². The molecule has 0 N–H and O–H groups in total. The highest BCUT2D eigenvalue weighted by atomic mass is 32.1. The van der Waals surface area contributed by atoms with Gasteiger partial charge in [0.15, 0.2) is 12.3 Å². The number of ether oxygens (including phenoxy) is 5. The Morgan fingerprint density at radius 1 is 0.981 bits per heavy atom. The number of nitrogens with zero attached hydrogens (tertiary/aromatic N) is 6. The average Bonchev–Trinajstić information content (AvgIpc) is 3.90. The van der Waals surface area contributed by atoms with Crippen LogP contribution in [0.3, 0.4) is 0 Å². The largest absolute Gasteiger partial charge is 0.497 e. The first kappa shape index (κ1) is 35.4. The molecule has 6 aromatic rings. The van der Waals surface area contributed by atoms with Crippen molar-refractivity contribution >= 4 is 28.3 Å². The van der Waals surface area contributed by atoms with Gasteiger partial charge in [-0.15, -0.1) is 11.3 Å². The van der Waals surface area contributed by atoms with E-state index in [0.717, 1.165) is 57.6 Å². The first-order valence-electron chi connectivity index (χ1n) is 18.0. The van der Waals surface area contributed by atoms with Crippen LogP contribution in [0.4, 0.5) is 9.18 Å². The molecule has 3 aromatic carbocycles. The Morgan fingerprint density at radius 3 is 2.61 bits per heavy atom. The molecule has 0 saturated carbocycles. The number of hydrogen-bond donors (Lipinski definition) is 0. The van der Waals surface area contributed by atoms with Crippen LogP contribution in [0.15, 0.2) is 90.4 Å². The summed E-state index contributed by atoms with van der Waals surface area (Å²) < 4.78 is 46.9. The summed E-state index contributed by atoms with van der Waals surface area (Å²) in [5.41, 5.74) is 4.54. The molecule has 5 heterocycles. The van der Waals surface area contributed by atoms with Crippen molar-refractivity contribution < 1.29 is 32.9 Å². The number of thiazole rings is 1. The number of piperidine rings is 1. The van der Waals surface area contributed by atoms with E-state index in [1.807, 2.05) is 82.9 Å². The summed E-state index contributed by atoms with van der Waals surface area (Å²) in [6.45, 7) is 1.10. The fourth-order valence-corrected chi connectivity index (χ4v) is 7.24. The summed E-state index contributed by atoms with van der Waals surface area (Å²) in [7, 11) is 1.61. The molecule has 278 valence electrons. The van der Waals surface area contributed by atoms with E-state index in [1.165, 1.54) is 4.90 Å². The van der Waals surface area contributed by atoms with Gasteiger partial charge in [0.05, 0.1) is 19.2 Å². The van der Waals surface area contributed by atoms with Crippen molar-refractivity contribution in [3.05, 3.63) is 102 Å². The van der Waals surface area contributed by atoms with E-state index in [-0.39, 0.29) is 50.8 Å². The molecule has 0 radical (unpaired) electrons. The highest BCUT2D eigenvalue weighted by molar-refractivity contribution is 7.13. The number of methoxy groups -OCH3 is 1. The molecular formula is C40H39FN6O6S. The van der Waals surface area contributed by atoms with Gasteiger partial charge >= 0.3 is 12.1 Å². The average molecular weight is 751 g/mol. The van der Waals surface area contributed by atoms with Crippen molar-refractivity contribution in [2.45, 2.75) is 57.4 Å². The van der Waals surface area contributed by atoms with Gasteiger partial charge in [0.1, 0.15) is 41.5 Å². The van der Waals surface area contributed by atoms with Crippen LogP contribution in [-0.2, 0) is 22.7 Å². The number of likely N-dealkylation sites (tertiary alicyclic amines) is 1. The number of rotatable bonds is 11. The van der Waals surface area contributed by atoms with Gasteiger partial charge in [-0.1, -0.05) is 42.5 Å². The lowest BCUT2D eigenvalue weighted by Crippen LogP contribution is -2.50. The van der Waals surface area contributed by atoms with Crippen LogP contribution in [0.25, 0.3) is 32.9 Å². The smallest absolute Gasteiger partial charge is 0.410 e. The molecule has 8 rings (SSSR count). The van der Waals surface area contributed by atoms with Crippen molar-refractivity contribution in [1.29, 1.82) is 0 Å². The molecular weight excluding hydrogens is 712 g/mol. The van der Waals surface area contributed by atoms with Gasteiger partial charge in [-0.2, -0.15) is 15.1 Å². The molecule has 14 heteroatoms. The van der Waals surface area contributed by atoms with Crippen molar-refractivity contribution in [3.63, 3.8) is 0 Å². The van der Waals surface area contributed by atoms with Crippen molar-refractivity contribution in [2.75, 3.05) is 26.8 Å². The number of fused-ring (bicyclic) bond motifs is 1. The van der Waals surface area contributed by atoms with Crippen LogP contribution in [0.2, 0.25) is 0 Å². The Balaban J connectivity index is 1.13. The number of carbonyl (C=O) groups is 1. The number of carbonyl (C=O) groups excluding carboxylic acids is 1. The van der Waals surface area contributed by atoms with E-state index in [0.29, 0.717) is 18.0 Å². The molecule has 2 fully saturated rings. The van der Waals surface area contributed by atoms with E-state index in [9.17, 15) is 4.79 Å². The molecule has 2 aliphatic rings. The summed E-state index contributed by atoms with van der Waals surface area (Å²) in [5, 5.41) is 8.72. The fraction of sp³-hybridized carbons (Fsp3) is 0.325. The second-order valence-electron chi connectivity index (χ2n) is 13.1. The Hall–Kier alpha value is -5.60. The van der Waals surface area contributed by atoms with Crippen molar-refractivity contribution in [2.24, 2.45) is 0 Å². The van der Waals surface area contributed by atoms with Gasteiger partial charge in [-0.3, -0.25) is 0 Å². The minimum Gasteiger partial charge on any atom is -0.497 e. The predicted molar refractivity (Wildman–Crippen MR) is 200 cm³/mol. The molecule has 0 spiro atoms. The third-order valence-electron chi connectivity index (χ3n) is 9.48. The Bertz CT molecular complexity index is 2180. The molecule has 2 saturated heterocycles. The summed E-state index contributed by atoms with van der Waals surface area (Å²) in [6.07, 6.45) is 1.48. The van der Waals surface area contributed by atoms with E-state index >= 15 is 4.39 Å². The zero-order valence-electron chi connectivity index (χ0n) is 29.7. The lowest BCUT2D eigenvalue weighted by atomic mass is 10.1. The summed E-state index contributed by atoms with van der Waals surface area (Å²) in [5.74, 6) is 0.940. The highest BCUT2D eigenvalue weighted by Crippen LogP contribution is 2.37. The number of alkyl halides is 1. The number of halogens is 1. The van der Waals surface area contributed by atoms with Crippen molar-refractivity contribution in [1.82, 2.24) is 29.6 Å². The zero-order chi connectivity index (χ0) is 36.9. The second-order valence-corrected chi connectivity index (χ2v) is 14.0. The first-order chi connectivity index (χ1) is 26.5. The van der Waals surface area contributed by atoms with Crippen LogP contribution in [0.1, 0.15) is 43.0 Å². The predicted octanol–water partition coefficient (Wildman–Crippen LogP) is 8.03. The number of benzene rings is 3. The zero-order valence-corrected chi connectivity index (χ0v) is 30.5. The third kappa shape index (κ3) is 7.99. The van der Waals surface area contributed by atoms with Crippen LogP contribution >= 0.6 is 11.3 Å². The third-order valence-corrected chi connectivity index (χ3v) is 10.3. The van der Waals surface area contributed by atoms with Crippen LogP contribution in [0, 0.1) is 0 Å². The molecule has 2 aliphatic heterocycles. The fourth-order valence-electron chi connectivity index (χ4n) is 6.61. The normalized spacial score (nSPS) is 18.7. The van der Waals surface area contributed by atoms with Gasteiger partial charge in [0.2, 0.25) is 5.88 Å². The Morgan fingerprint density at radius 2 is 1.83 bits per heavy atom. The van der Waals surface area contributed by atoms with Crippen LogP contribution in [0.5, 0.6) is 17.6 Å². The molecule has 0 aliphatic carbocycles. The summed E-state index contributed by atoms with van der Waals surface area (Å²) >= 11 is 1.55. The quantitative estimate of drug-likeness (QED) is 0.129. The van der Waals surface area contributed by atoms with Gasteiger partial charge in [-0.25, -0.2) is 18.9 Å². The van der Waals surface area contributed by atoms with E-state index < -0.39 is 18.4 Å². The van der Waals surface area contributed by atoms with Crippen LogP contribution in [-0.4, -0.2) is 74.8 Å². The number of aromatic nitrogens is 5. The lowest BCUT2D eigenvalue weighted by Gasteiger charge is -2.33. The summed E-state index contributed by atoms with van der Waals surface area (Å²) in [4.78, 5) is 28.4. The van der Waals surface area contributed by atoms with Gasteiger partial charge in [0, 0.05) is 48.2 Å². The topological polar surface area (TPSA) is 123 Å². The molecule has 12 nitrogen and oxygen atoms in total.